The zero-order valence-corrected chi connectivity index (χ0v) is 11.1. The standard InChI is InChI=1S/C15H18N2O2/c1-2-4-13-6-8-17(9-7-13)12-15(18)16-11-14-5-3-10-19-14/h3,5-10H,2,4,11-12H2,1H3/p+1. The summed E-state index contributed by atoms with van der Waals surface area (Å²) in [7, 11) is 0. The predicted molar refractivity (Wildman–Crippen MR) is 71.2 cm³/mol. The van der Waals surface area contributed by atoms with Crippen LogP contribution in [0.3, 0.4) is 0 Å². The molecule has 2 heterocycles. The second-order valence-electron chi connectivity index (χ2n) is 4.48. The number of aromatic nitrogens is 1. The first-order valence-corrected chi connectivity index (χ1v) is 6.55. The highest BCUT2D eigenvalue weighted by Crippen LogP contribution is 1.99. The van der Waals surface area contributed by atoms with Crippen molar-refractivity contribution in [3.05, 3.63) is 54.2 Å². The summed E-state index contributed by atoms with van der Waals surface area (Å²) >= 11 is 0. The topological polar surface area (TPSA) is 46.1 Å². The third-order valence-electron chi connectivity index (χ3n) is 2.86. The van der Waals surface area contributed by atoms with Gasteiger partial charge < -0.3 is 9.73 Å². The van der Waals surface area contributed by atoms with E-state index in [0.717, 1.165) is 18.6 Å². The molecule has 0 atom stereocenters. The van der Waals surface area contributed by atoms with Crippen LogP contribution in [0.4, 0.5) is 0 Å². The lowest BCUT2D eigenvalue weighted by molar-refractivity contribution is -0.684. The van der Waals surface area contributed by atoms with Gasteiger partial charge in [-0.3, -0.25) is 4.79 Å². The molecule has 1 amide bonds. The largest absolute Gasteiger partial charge is 0.467 e. The van der Waals surface area contributed by atoms with E-state index in [4.69, 9.17) is 4.42 Å². The maximum Gasteiger partial charge on any atom is 0.286 e. The first kappa shape index (κ1) is 13.3. The summed E-state index contributed by atoms with van der Waals surface area (Å²) in [5.74, 6) is 0.737. The van der Waals surface area contributed by atoms with E-state index in [1.165, 1.54) is 5.56 Å². The number of carbonyl (C=O) groups is 1. The fraction of sp³-hybridized carbons (Fsp3) is 0.333. The second-order valence-corrected chi connectivity index (χ2v) is 4.48. The Balaban J connectivity index is 1.81. The number of carbonyl (C=O) groups excluding carboxylic acids is 1. The molecule has 0 saturated heterocycles. The Labute approximate surface area is 113 Å². The monoisotopic (exact) mass is 259 g/mol. The van der Waals surface area contributed by atoms with Gasteiger partial charge >= 0.3 is 0 Å². The molecule has 0 bridgehead atoms. The number of rotatable bonds is 6. The molecule has 0 spiro atoms. The molecular weight excluding hydrogens is 240 g/mol. The van der Waals surface area contributed by atoms with Gasteiger partial charge in [0, 0.05) is 12.1 Å². The normalized spacial score (nSPS) is 10.4. The molecule has 0 aliphatic rings. The molecule has 4 heteroatoms. The summed E-state index contributed by atoms with van der Waals surface area (Å²) in [5, 5.41) is 2.82. The van der Waals surface area contributed by atoms with Gasteiger partial charge in [-0.05, 0) is 24.1 Å². The Hall–Kier alpha value is -2.10. The molecule has 2 aromatic rings. The number of aryl methyl sites for hydroxylation is 1. The van der Waals surface area contributed by atoms with E-state index in [1.54, 1.807) is 6.26 Å². The molecule has 100 valence electrons. The average molecular weight is 259 g/mol. The second kappa shape index (κ2) is 6.73. The summed E-state index contributed by atoms with van der Waals surface area (Å²) in [6.45, 7) is 2.91. The Morgan fingerprint density at radius 3 is 2.74 bits per heavy atom. The number of hydrogen-bond acceptors (Lipinski definition) is 2. The first-order valence-electron chi connectivity index (χ1n) is 6.55. The minimum Gasteiger partial charge on any atom is -0.467 e. The van der Waals surface area contributed by atoms with Crippen LogP contribution in [0.1, 0.15) is 24.7 Å². The summed E-state index contributed by atoms with van der Waals surface area (Å²) in [4.78, 5) is 11.7. The van der Waals surface area contributed by atoms with Crippen LogP contribution in [0, 0.1) is 0 Å². The minimum absolute atomic E-state index is 0.0235. The van der Waals surface area contributed by atoms with E-state index in [0.29, 0.717) is 13.1 Å². The van der Waals surface area contributed by atoms with Crippen LogP contribution in [0.2, 0.25) is 0 Å². The van der Waals surface area contributed by atoms with Gasteiger partial charge in [0.15, 0.2) is 12.4 Å². The van der Waals surface area contributed by atoms with E-state index in [9.17, 15) is 4.79 Å². The SMILES string of the molecule is CCCc1cc[n+](CC(=O)NCc2ccco2)cc1. The van der Waals surface area contributed by atoms with Crippen LogP contribution >= 0.6 is 0 Å². The lowest BCUT2D eigenvalue weighted by Crippen LogP contribution is -2.42. The summed E-state index contributed by atoms with van der Waals surface area (Å²) in [5.41, 5.74) is 1.30. The lowest BCUT2D eigenvalue weighted by atomic mass is 10.2. The average Bonchev–Trinajstić information content (AvgIpc) is 2.92. The van der Waals surface area contributed by atoms with Crippen molar-refractivity contribution in [2.24, 2.45) is 0 Å². The van der Waals surface area contributed by atoms with Gasteiger partial charge in [-0.2, -0.15) is 4.57 Å². The smallest absolute Gasteiger partial charge is 0.286 e. The molecule has 0 fully saturated rings. The predicted octanol–water partition coefficient (Wildman–Crippen LogP) is 1.84. The Morgan fingerprint density at radius 2 is 2.11 bits per heavy atom. The van der Waals surface area contributed by atoms with E-state index in [-0.39, 0.29) is 5.91 Å². The third kappa shape index (κ3) is 4.25. The number of hydrogen-bond donors (Lipinski definition) is 1. The number of nitrogens with one attached hydrogen (secondary N) is 1. The molecule has 0 aliphatic heterocycles. The highest BCUT2D eigenvalue weighted by atomic mass is 16.3. The zero-order valence-electron chi connectivity index (χ0n) is 11.1. The van der Waals surface area contributed by atoms with E-state index in [1.807, 2.05) is 29.1 Å². The van der Waals surface area contributed by atoms with Gasteiger partial charge in [0.2, 0.25) is 6.54 Å². The van der Waals surface area contributed by atoms with Crippen LogP contribution in [-0.4, -0.2) is 5.91 Å². The van der Waals surface area contributed by atoms with Gasteiger partial charge in [-0.25, -0.2) is 0 Å². The Morgan fingerprint density at radius 1 is 1.32 bits per heavy atom. The van der Waals surface area contributed by atoms with Gasteiger partial charge in [-0.15, -0.1) is 0 Å². The van der Waals surface area contributed by atoms with Crippen molar-refractivity contribution < 1.29 is 13.8 Å². The Bertz CT molecular complexity index is 503. The van der Waals surface area contributed by atoms with E-state index in [2.05, 4.69) is 24.4 Å². The first-order chi connectivity index (χ1) is 9.28. The summed E-state index contributed by atoms with van der Waals surface area (Å²) in [6, 6.07) is 7.77. The molecule has 19 heavy (non-hydrogen) atoms. The van der Waals surface area contributed by atoms with Gasteiger partial charge in [0.1, 0.15) is 5.76 Å². The van der Waals surface area contributed by atoms with E-state index >= 15 is 0 Å². The maximum atomic E-state index is 11.7. The third-order valence-corrected chi connectivity index (χ3v) is 2.86. The fourth-order valence-corrected chi connectivity index (χ4v) is 1.87. The number of nitrogens with zero attached hydrogens (tertiary/aromatic N) is 1. The molecule has 0 unspecified atom stereocenters. The van der Waals surface area contributed by atoms with Gasteiger partial charge in [0.05, 0.1) is 12.8 Å². The molecule has 0 saturated carbocycles. The van der Waals surface area contributed by atoms with E-state index < -0.39 is 0 Å². The number of amides is 1. The van der Waals surface area contributed by atoms with Crippen LogP contribution in [-0.2, 0) is 24.3 Å². The van der Waals surface area contributed by atoms with Crippen LogP contribution in [0.5, 0.6) is 0 Å². The molecule has 1 N–H and O–H groups in total. The lowest BCUT2D eigenvalue weighted by Gasteiger charge is -2.01. The van der Waals surface area contributed by atoms with Crippen molar-refractivity contribution in [3.63, 3.8) is 0 Å². The van der Waals surface area contributed by atoms with Crippen molar-refractivity contribution in [2.75, 3.05) is 0 Å². The van der Waals surface area contributed by atoms with Crippen LogP contribution < -0.4 is 9.88 Å². The molecule has 2 rings (SSSR count). The molecule has 0 radical (unpaired) electrons. The van der Waals surface area contributed by atoms with Gasteiger partial charge in [0.25, 0.3) is 5.91 Å². The molecule has 0 aromatic carbocycles. The van der Waals surface area contributed by atoms with Crippen LogP contribution in [0.25, 0.3) is 0 Å². The van der Waals surface area contributed by atoms with Crippen molar-refractivity contribution in [1.29, 1.82) is 0 Å². The maximum absolute atomic E-state index is 11.7. The Kier molecular flexibility index (Phi) is 4.72. The number of furan rings is 1. The van der Waals surface area contributed by atoms with Crippen molar-refractivity contribution >= 4 is 5.91 Å². The van der Waals surface area contributed by atoms with Crippen molar-refractivity contribution in [1.82, 2.24) is 5.32 Å². The van der Waals surface area contributed by atoms with Crippen molar-refractivity contribution in [3.8, 4) is 0 Å². The highest BCUT2D eigenvalue weighted by molar-refractivity contribution is 5.74. The highest BCUT2D eigenvalue weighted by Gasteiger charge is 2.09. The zero-order chi connectivity index (χ0) is 13.5. The summed E-state index contributed by atoms with van der Waals surface area (Å²) in [6.07, 6.45) is 7.69. The molecule has 2 aromatic heterocycles. The number of pyridine rings is 1. The van der Waals surface area contributed by atoms with Crippen LogP contribution in [0.15, 0.2) is 47.3 Å². The molecule has 0 aliphatic carbocycles. The van der Waals surface area contributed by atoms with Gasteiger partial charge in [-0.1, -0.05) is 13.3 Å². The molecule has 4 nitrogen and oxygen atoms in total. The minimum atomic E-state index is -0.0235. The fourth-order valence-electron chi connectivity index (χ4n) is 1.87. The quantitative estimate of drug-likeness (QED) is 0.805. The van der Waals surface area contributed by atoms with Crippen molar-refractivity contribution in [2.45, 2.75) is 32.9 Å². The summed E-state index contributed by atoms with van der Waals surface area (Å²) < 4.78 is 7.03. The molecular formula is C15H19N2O2+.